The van der Waals surface area contributed by atoms with Crippen LogP contribution in [0.5, 0.6) is 0 Å². The summed E-state index contributed by atoms with van der Waals surface area (Å²) in [6.07, 6.45) is 8.37. The van der Waals surface area contributed by atoms with Crippen LogP contribution in [-0.2, 0) is 16.0 Å². The summed E-state index contributed by atoms with van der Waals surface area (Å²) in [4.78, 5) is 32.8. The highest BCUT2D eigenvalue weighted by Gasteiger charge is 2.43. The predicted octanol–water partition coefficient (Wildman–Crippen LogP) is 5.43. The van der Waals surface area contributed by atoms with E-state index in [-0.39, 0.29) is 17.9 Å². The Kier molecular flexibility index (Phi) is 10.8. The summed E-state index contributed by atoms with van der Waals surface area (Å²) in [7, 11) is 0. The summed E-state index contributed by atoms with van der Waals surface area (Å²) in [5, 5.41) is 8.77. The van der Waals surface area contributed by atoms with E-state index in [4.69, 9.17) is 4.74 Å². The molecule has 2 amide bonds. The molecule has 2 saturated heterocycles. The van der Waals surface area contributed by atoms with Crippen molar-refractivity contribution in [1.29, 1.82) is 0 Å². The molecule has 6 rings (SSSR count). The molecule has 3 aromatic rings. The lowest BCUT2D eigenvalue weighted by Gasteiger charge is -2.37. The SMILES string of the molecule is O=C(NC1(C(=O)N[C@@H](CCCN2CCN(CC3CCOCC3)CC2)Cc2ccccc2)CCCC1)c1ccc2ccccc2c1. The first kappa shape index (κ1) is 31.7. The monoisotopic (exact) mass is 610 g/mol. The average Bonchev–Trinajstić information content (AvgIpc) is 3.56. The van der Waals surface area contributed by atoms with Gasteiger partial charge in [0.15, 0.2) is 0 Å². The highest BCUT2D eigenvalue weighted by atomic mass is 16.5. The lowest BCUT2D eigenvalue weighted by Crippen LogP contribution is -2.59. The van der Waals surface area contributed by atoms with E-state index in [1.165, 1.54) is 24.9 Å². The summed E-state index contributed by atoms with van der Waals surface area (Å²) < 4.78 is 5.54. The second-order valence-electron chi connectivity index (χ2n) is 13.5. The molecule has 0 unspecified atom stereocenters. The van der Waals surface area contributed by atoms with Crippen molar-refractivity contribution in [2.75, 3.05) is 52.5 Å². The molecule has 7 nitrogen and oxygen atoms in total. The molecule has 2 aliphatic heterocycles. The molecule has 240 valence electrons. The minimum atomic E-state index is -0.863. The Morgan fingerprint density at radius 2 is 1.53 bits per heavy atom. The maximum absolute atomic E-state index is 14.1. The fourth-order valence-corrected chi connectivity index (χ4v) is 7.51. The highest BCUT2D eigenvalue weighted by molar-refractivity contribution is 6.02. The lowest BCUT2D eigenvalue weighted by atomic mass is 9.93. The summed E-state index contributed by atoms with van der Waals surface area (Å²) in [5.74, 6) is 0.582. The number of nitrogens with zero attached hydrogens (tertiary/aromatic N) is 2. The van der Waals surface area contributed by atoms with Gasteiger partial charge in [0.25, 0.3) is 5.91 Å². The summed E-state index contributed by atoms with van der Waals surface area (Å²) in [5.41, 5.74) is 0.963. The molecule has 0 bridgehead atoms. The maximum atomic E-state index is 14.1. The molecular formula is C38H50N4O3. The van der Waals surface area contributed by atoms with E-state index >= 15 is 0 Å². The molecule has 45 heavy (non-hydrogen) atoms. The molecule has 0 spiro atoms. The summed E-state index contributed by atoms with van der Waals surface area (Å²) in [6, 6.07) is 24.3. The zero-order valence-corrected chi connectivity index (χ0v) is 26.7. The second-order valence-corrected chi connectivity index (χ2v) is 13.5. The van der Waals surface area contributed by atoms with Crippen molar-refractivity contribution in [3.63, 3.8) is 0 Å². The van der Waals surface area contributed by atoms with Crippen molar-refractivity contribution in [3.05, 3.63) is 83.9 Å². The van der Waals surface area contributed by atoms with Crippen molar-refractivity contribution in [2.24, 2.45) is 5.92 Å². The molecule has 0 aromatic heterocycles. The molecular weight excluding hydrogens is 560 g/mol. The van der Waals surface area contributed by atoms with Gasteiger partial charge in [0.2, 0.25) is 5.91 Å². The van der Waals surface area contributed by atoms with Gasteiger partial charge in [-0.05, 0) is 85.9 Å². The quantitative estimate of drug-likeness (QED) is 0.286. The minimum absolute atomic E-state index is 0.0183. The summed E-state index contributed by atoms with van der Waals surface area (Å²) in [6.45, 7) is 8.61. The van der Waals surface area contributed by atoms with Crippen LogP contribution in [0.4, 0.5) is 0 Å². The van der Waals surface area contributed by atoms with Gasteiger partial charge in [0.05, 0.1) is 0 Å². The molecule has 1 saturated carbocycles. The first-order valence-corrected chi connectivity index (χ1v) is 17.2. The number of carbonyl (C=O) groups excluding carboxylic acids is 2. The summed E-state index contributed by atoms with van der Waals surface area (Å²) >= 11 is 0. The molecule has 1 aliphatic carbocycles. The van der Waals surface area contributed by atoms with Crippen molar-refractivity contribution in [1.82, 2.24) is 20.4 Å². The Morgan fingerprint density at radius 3 is 2.29 bits per heavy atom. The van der Waals surface area contributed by atoms with Crippen molar-refractivity contribution in [3.8, 4) is 0 Å². The normalized spacial score (nSPS) is 20.2. The molecule has 0 radical (unpaired) electrons. The van der Waals surface area contributed by atoms with E-state index in [1.54, 1.807) is 0 Å². The predicted molar refractivity (Wildman–Crippen MR) is 180 cm³/mol. The number of ether oxygens (including phenoxy) is 1. The van der Waals surface area contributed by atoms with Crippen LogP contribution >= 0.6 is 0 Å². The lowest BCUT2D eigenvalue weighted by molar-refractivity contribution is -0.128. The van der Waals surface area contributed by atoms with E-state index < -0.39 is 5.54 Å². The Bertz CT molecular complexity index is 1390. The van der Waals surface area contributed by atoms with Gasteiger partial charge < -0.3 is 25.2 Å². The number of hydrogen-bond donors (Lipinski definition) is 2. The number of nitrogens with one attached hydrogen (secondary N) is 2. The van der Waals surface area contributed by atoms with Crippen LogP contribution in [0, 0.1) is 5.92 Å². The first-order chi connectivity index (χ1) is 22.1. The zero-order chi connectivity index (χ0) is 30.9. The first-order valence-electron chi connectivity index (χ1n) is 17.2. The third kappa shape index (κ3) is 8.51. The van der Waals surface area contributed by atoms with Gasteiger partial charge in [0.1, 0.15) is 5.54 Å². The Hall–Kier alpha value is -3.26. The van der Waals surface area contributed by atoms with Gasteiger partial charge >= 0.3 is 0 Å². The smallest absolute Gasteiger partial charge is 0.252 e. The Balaban J connectivity index is 1.05. The van der Waals surface area contributed by atoms with Crippen LogP contribution in [0.25, 0.3) is 10.8 Å². The van der Waals surface area contributed by atoms with Gasteiger partial charge in [-0.15, -0.1) is 0 Å². The largest absolute Gasteiger partial charge is 0.381 e. The van der Waals surface area contributed by atoms with Gasteiger partial charge in [0, 0.05) is 57.5 Å². The third-order valence-corrected chi connectivity index (χ3v) is 10.3. The fourth-order valence-electron chi connectivity index (χ4n) is 7.51. The van der Waals surface area contributed by atoms with Crippen LogP contribution in [-0.4, -0.2) is 85.7 Å². The Labute approximate surface area is 268 Å². The van der Waals surface area contributed by atoms with E-state index in [2.05, 4.69) is 44.7 Å². The molecule has 7 heteroatoms. The number of benzene rings is 3. The number of amides is 2. The van der Waals surface area contributed by atoms with E-state index in [9.17, 15) is 9.59 Å². The molecule has 1 atom stereocenters. The van der Waals surface area contributed by atoms with E-state index in [1.807, 2.05) is 48.5 Å². The van der Waals surface area contributed by atoms with Gasteiger partial charge in [-0.25, -0.2) is 0 Å². The molecule has 3 aliphatic rings. The van der Waals surface area contributed by atoms with Gasteiger partial charge in [-0.1, -0.05) is 73.5 Å². The van der Waals surface area contributed by atoms with Crippen molar-refractivity contribution >= 4 is 22.6 Å². The van der Waals surface area contributed by atoms with Crippen molar-refractivity contribution < 1.29 is 14.3 Å². The van der Waals surface area contributed by atoms with E-state index in [0.29, 0.717) is 18.4 Å². The molecule has 3 aromatic carbocycles. The third-order valence-electron chi connectivity index (χ3n) is 10.3. The zero-order valence-electron chi connectivity index (χ0n) is 26.7. The second kappa shape index (κ2) is 15.4. The standard InChI is InChI=1S/C38H50N4O3/c43-36(34-15-14-32-11-4-5-12-33(32)28-34)40-38(18-6-7-19-38)37(44)39-35(27-30-9-2-1-3-10-30)13-8-20-41-21-23-42(24-22-41)29-31-16-25-45-26-17-31/h1-5,9-12,14-15,28,31,35H,6-8,13,16-27,29H2,(H,39,44)(H,40,43)/t35-/m0/s1. The van der Waals surface area contributed by atoms with Crippen molar-refractivity contribution in [2.45, 2.75) is 69.4 Å². The van der Waals surface area contributed by atoms with Gasteiger partial charge in [-0.2, -0.15) is 0 Å². The average molecular weight is 611 g/mol. The number of carbonyl (C=O) groups is 2. The number of rotatable bonds is 12. The number of piperazine rings is 1. The molecule has 3 fully saturated rings. The van der Waals surface area contributed by atoms with Crippen LogP contribution in [0.15, 0.2) is 72.8 Å². The topological polar surface area (TPSA) is 73.9 Å². The number of fused-ring (bicyclic) bond motifs is 1. The van der Waals surface area contributed by atoms with Crippen LogP contribution in [0.1, 0.15) is 67.3 Å². The van der Waals surface area contributed by atoms with E-state index in [0.717, 1.165) is 94.7 Å². The van der Waals surface area contributed by atoms with Gasteiger partial charge in [-0.3, -0.25) is 9.59 Å². The molecule has 2 N–H and O–H groups in total. The Morgan fingerprint density at radius 1 is 0.844 bits per heavy atom. The van der Waals surface area contributed by atoms with Crippen LogP contribution < -0.4 is 10.6 Å². The maximum Gasteiger partial charge on any atom is 0.252 e. The highest BCUT2D eigenvalue weighted by Crippen LogP contribution is 2.31. The number of hydrogen-bond acceptors (Lipinski definition) is 5. The molecule has 2 heterocycles. The minimum Gasteiger partial charge on any atom is -0.381 e. The fraction of sp³-hybridized carbons (Fsp3) is 0.526. The van der Waals surface area contributed by atoms with Crippen LogP contribution in [0.2, 0.25) is 0 Å². The van der Waals surface area contributed by atoms with Crippen LogP contribution in [0.3, 0.4) is 0 Å².